The first-order valence-electron chi connectivity index (χ1n) is 8.90. The van der Waals surface area contributed by atoms with Gasteiger partial charge in [0.25, 0.3) is 0 Å². The lowest BCUT2D eigenvalue weighted by molar-refractivity contribution is -0.130. The molecule has 2 fully saturated rings. The molecule has 22 heavy (non-hydrogen) atoms. The molecule has 2 heterocycles. The van der Waals surface area contributed by atoms with Crippen molar-refractivity contribution in [1.29, 1.82) is 0 Å². The van der Waals surface area contributed by atoms with Gasteiger partial charge in [-0.2, -0.15) is 0 Å². The Kier molecular flexibility index (Phi) is 5.92. The van der Waals surface area contributed by atoms with Crippen molar-refractivity contribution in [2.75, 3.05) is 39.3 Å². The Morgan fingerprint density at radius 2 is 1.50 bits per heavy atom. The molecule has 0 bridgehead atoms. The summed E-state index contributed by atoms with van der Waals surface area (Å²) in [7, 11) is 0. The van der Waals surface area contributed by atoms with Gasteiger partial charge in [0.2, 0.25) is 0 Å². The topological polar surface area (TPSA) is 24.9 Å². The van der Waals surface area contributed by atoms with E-state index in [4.69, 9.17) is 9.47 Å². The van der Waals surface area contributed by atoms with Crippen molar-refractivity contribution in [2.45, 2.75) is 77.7 Å². The molecular formula is C18H36N2O2. The minimum absolute atomic E-state index is 0.0232. The first-order valence-corrected chi connectivity index (χ1v) is 8.90. The average Bonchev–Trinajstić information content (AvgIpc) is 2.32. The maximum absolute atomic E-state index is 6.26. The molecule has 0 N–H and O–H groups in total. The maximum atomic E-state index is 6.26. The fraction of sp³-hybridized carbons (Fsp3) is 1.00. The number of likely N-dealkylation sites (tertiary alicyclic amines) is 2. The van der Waals surface area contributed by atoms with Crippen LogP contribution < -0.4 is 0 Å². The molecule has 0 unspecified atom stereocenters. The van der Waals surface area contributed by atoms with Crippen molar-refractivity contribution in [3.63, 3.8) is 0 Å². The summed E-state index contributed by atoms with van der Waals surface area (Å²) in [6.07, 6.45) is 3.26. The number of ether oxygens (including phenoxy) is 2. The Hall–Kier alpha value is -0.160. The SMILES string of the molecule is CC(C)(C)OCCN1CCC(OC2CN(C(C)(C)C)C2)CC1. The fourth-order valence-corrected chi connectivity index (χ4v) is 3.09. The molecule has 4 heteroatoms. The van der Waals surface area contributed by atoms with Gasteiger partial charge in [-0.3, -0.25) is 4.90 Å². The Labute approximate surface area is 137 Å². The molecule has 2 rings (SSSR count). The van der Waals surface area contributed by atoms with Gasteiger partial charge in [-0.25, -0.2) is 0 Å². The molecule has 0 amide bonds. The molecule has 0 spiro atoms. The van der Waals surface area contributed by atoms with Crippen LogP contribution in [0.5, 0.6) is 0 Å². The summed E-state index contributed by atoms with van der Waals surface area (Å²) in [6, 6.07) is 0. The number of hydrogen-bond acceptors (Lipinski definition) is 4. The van der Waals surface area contributed by atoms with Crippen LogP contribution in [0.1, 0.15) is 54.4 Å². The molecule has 130 valence electrons. The zero-order valence-corrected chi connectivity index (χ0v) is 15.5. The molecule has 0 atom stereocenters. The Balaban J connectivity index is 1.57. The molecule has 2 saturated heterocycles. The summed E-state index contributed by atoms with van der Waals surface area (Å²) < 4.78 is 12.1. The van der Waals surface area contributed by atoms with E-state index in [1.807, 2.05) is 0 Å². The second-order valence-electron chi connectivity index (χ2n) is 8.84. The third-order valence-corrected chi connectivity index (χ3v) is 4.66. The van der Waals surface area contributed by atoms with Crippen molar-refractivity contribution in [3.8, 4) is 0 Å². The van der Waals surface area contributed by atoms with Gasteiger partial charge < -0.3 is 14.4 Å². The summed E-state index contributed by atoms with van der Waals surface area (Å²) >= 11 is 0. The third kappa shape index (κ3) is 5.80. The lowest BCUT2D eigenvalue weighted by Gasteiger charge is -2.48. The van der Waals surface area contributed by atoms with E-state index in [0.717, 1.165) is 39.3 Å². The van der Waals surface area contributed by atoms with Crippen LogP contribution in [0.2, 0.25) is 0 Å². The Morgan fingerprint density at radius 3 is 2.00 bits per heavy atom. The summed E-state index contributed by atoms with van der Waals surface area (Å²) in [5.41, 5.74) is 0.265. The summed E-state index contributed by atoms with van der Waals surface area (Å²) in [6.45, 7) is 19.6. The third-order valence-electron chi connectivity index (χ3n) is 4.66. The summed E-state index contributed by atoms with van der Waals surface area (Å²) in [4.78, 5) is 5.00. The van der Waals surface area contributed by atoms with Gasteiger partial charge in [-0.1, -0.05) is 0 Å². The highest BCUT2D eigenvalue weighted by Crippen LogP contribution is 2.25. The second-order valence-corrected chi connectivity index (χ2v) is 8.84. The minimum Gasteiger partial charge on any atom is -0.375 e. The van der Waals surface area contributed by atoms with E-state index in [0.29, 0.717) is 12.2 Å². The van der Waals surface area contributed by atoms with Gasteiger partial charge in [0, 0.05) is 38.3 Å². The fourth-order valence-electron chi connectivity index (χ4n) is 3.09. The highest BCUT2D eigenvalue weighted by Gasteiger charge is 2.36. The molecule has 0 saturated carbocycles. The largest absolute Gasteiger partial charge is 0.375 e. The smallest absolute Gasteiger partial charge is 0.0832 e. The molecule has 2 aliphatic heterocycles. The van der Waals surface area contributed by atoms with Crippen LogP contribution in [-0.2, 0) is 9.47 Å². The maximum Gasteiger partial charge on any atom is 0.0832 e. The van der Waals surface area contributed by atoms with E-state index >= 15 is 0 Å². The Bertz CT molecular complexity index is 332. The number of hydrogen-bond donors (Lipinski definition) is 0. The molecular weight excluding hydrogens is 276 g/mol. The number of piperidine rings is 1. The van der Waals surface area contributed by atoms with Crippen LogP contribution in [-0.4, -0.2) is 72.5 Å². The predicted molar refractivity (Wildman–Crippen MR) is 91.4 cm³/mol. The van der Waals surface area contributed by atoms with Crippen molar-refractivity contribution in [2.24, 2.45) is 0 Å². The molecule has 0 aromatic carbocycles. The van der Waals surface area contributed by atoms with E-state index < -0.39 is 0 Å². The Morgan fingerprint density at radius 1 is 0.909 bits per heavy atom. The van der Waals surface area contributed by atoms with Crippen LogP contribution in [0, 0.1) is 0 Å². The highest BCUT2D eigenvalue weighted by molar-refractivity contribution is 4.90. The molecule has 0 aromatic heterocycles. The molecule has 0 radical (unpaired) electrons. The van der Waals surface area contributed by atoms with E-state index in [9.17, 15) is 0 Å². The van der Waals surface area contributed by atoms with Crippen LogP contribution in [0.25, 0.3) is 0 Å². The lowest BCUT2D eigenvalue weighted by atomic mass is 9.98. The monoisotopic (exact) mass is 312 g/mol. The number of rotatable bonds is 5. The van der Waals surface area contributed by atoms with Crippen LogP contribution in [0.3, 0.4) is 0 Å². The van der Waals surface area contributed by atoms with E-state index in [2.05, 4.69) is 51.3 Å². The quantitative estimate of drug-likeness (QED) is 0.779. The van der Waals surface area contributed by atoms with Crippen LogP contribution >= 0.6 is 0 Å². The average molecular weight is 312 g/mol. The summed E-state index contributed by atoms with van der Waals surface area (Å²) in [5.74, 6) is 0. The highest BCUT2D eigenvalue weighted by atomic mass is 16.5. The first kappa shape index (κ1) is 18.2. The van der Waals surface area contributed by atoms with E-state index in [1.54, 1.807) is 0 Å². The van der Waals surface area contributed by atoms with Crippen molar-refractivity contribution >= 4 is 0 Å². The van der Waals surface area contributed by atoms with Crippen LogP contribution in [0.4, 0.5) is 0 Å². The zero-order valence-electron chi connectivity index (χ0n) is 15.5. The first-order chi connectivity index (χ1) is 10.1. The second kappa shape index (κ2) is 7.16. The lowest BCUT2D eigenvalue weighted by Crippen LogP contribution is -2.60. The van der Waals surface area contributed by atoms with Gasteiger partial charge in [-0.05, 0) is 54.4 Å². The van der Waals surface area contributed by atoms with E-state index in [-0.39, 0.29) is 11.1 Å². The van der Waals surface area contributed by atoms with Gasteiger partial charge >= 0.3 is 0 Å². The standard InChI is InChI=1S/C18H36N2O2/c1-17(2,3)20-13-16(14-20)22-15-7-9-19(10-8-15)11-12-21-18(4,5)6/h15-16H,7-14H2,1-6H3. The molecule has 0 aromatic rings. The summed E-state index contributed by atoms with van der Waals surface area (Å²) in [5, 5.41) is 0. The molecule has 0 aliphatic carbocycles. The molecule has 2 aliphatic rings. The van der Waals surface area contributed by atoms with Gasteiger partial charge in [0.1, 0.15) is 0 Å². The van der Waals surface area contributed by atoms with Crippen molar-refractivity contribution in [3.05, 3.63) is 0 Å². The van der Waals surface area contributed by atoms with Gasteiger partial charge in [-0.15, -0.1) is 0 Å². The normalized spacial score (nSPS) is 23.7. The van der Waals surface area contributed by atoms with Crippen molar-refractivity contribution < 1.29 is 9.47 Å². The van der Waals surface area contributed by atoms with Crippen LogP contribution in [0.15, 0.2) is 0 Å². The number of nitrogens with zero attached hydrogens (tertiary/aromatic N) is 2. The zero-order chi connectivity index (χ0) is 16.4. The predicted octanol–water partition coefficient (Wildman–Crippen LogP) is 2.77. The molecule has 4 nitrogen and oxygen atoms in total. The van der Waals surface area contributed by atoms with Gasteiger partial charge in [0.15, 0.2) is 0 Å². The van der Waals surface area contributed by atoms with E-state index in [1.165, 1.54) is 12.8 Å². The minimum atomic E-state index is -0.0232. The van der Waals surface area contributed by atoms with Crippen molar-refractivity contribution in [1.82, 2.24) is 9.80 Å². The van der Waals surface area contributed by atoms with Gasteiger partial charge in [0.05, 0.1) is 24.4 Å².